The summed E-state index contributed by atoms with van der Waals surface area (Å²) in [4.78, 5) is 12.5. The van der Waals surface area contributed by atoms with Gasteiger partial charge in [0, 0.05) is 5.69 Å². The van der Waals surface area contributed by atoms with Crippen molar-refractivity contribution in [3.8, 4) is 17.2 Å². The van der Waals surface area contributed by atoms with Crippen molar-refractivity contribution >= 4 is 23.4 Å². The number of hydrogen-bond donors (Lipinski definition) is 1. The molecule has 0 radical (unpaired) electrons. The fraction of sp³-hybridized carbons (Fsp3) is 0.286. The Morgan fingerprint density at radius 2 is 1.86 bits per heavy atom. The van der Waals surface area contributed by atoms with Crippen LogP contribution < -0.4 is 14.8 Å². The van der Waals surface area contributed by atoms with Gasteiger partial charge in [-0.2, -0.15) is 0 Å². The van der Waals surface area contributed by atoms with Crippen molar-refractivity contribution < 1.29 is 14.3 Å². The monoisotopic (exact) mass is 412 g/mol. The summed E-state index contributed by atoms with van der Waals surface area (Å²) in [5, 5.41) is 11.9. The molecule has 1 amide bonds. The SMILES string of the molecule is COc1ccc(-n2c(C)nnc2SCC(=O)Nc2ccccc2OC(C)C)cc1. The fourth-order valence-electron chi connectivity index (χ4n) is 2.71. The first-order chi connectivity index (χ1) is 14.0. The molecule has 0 bridgehead atoms. The predicted octanol–water partition coefficient (Wildman–Crippen LogP) is 4.10. The Bertz CT molecular complexity index is 970. The van der Waals surface area contributed by atoms with E-state index in [1.54, 1.807) is 7.11 Å². The third-order valence-electron chi connectivity index (χ3n) is 3.98. The lowest BCUT2D eigenvalue weighted by atomic mass is 10.3. The lowest BCUT2D eigenvalue weighted by Crippen LogP contribution is -2.16. The lowest BCUT2D eigenvalue weighted by molar-refractivity contribution is -0.113. The maximum atomic E-state index is 12.5. The zero-order valence-electron chi connectivity index (χ0n) is 16.9. The van der Waals surface area contributed by atoms with Crippen molar-refractivity contribution in [1.29, 1.82) is 0 Å². The Balaban J connectivity index is 1.69. The highest BCUT2D eigenvalue weighted by Crippen LogP contribution is 2.26. The molecule has 2 aromatic carbocycles. The van der Waals surface area contributed by atoms with E-state index in [0.29, 0.717) is 16.6 Å². The highest BCUT2D eigenvalue weighted by Gasteiger charge is 2.15. The smallest absolute Gasteiger partial charge is 0.234 e. The van der Waals surface area contributed by atoms with Gasteiger partial charge in [-0.05, 0) is 57.2 Å². The number of benzene rings is 2. The molecule has 3 rings (SSSR count). The van der Waals surface area contributed by atoms with Crippen molar-refractivity contribution in [3.63, 3.8) is 0 Å². The fourth-order valence-corrected chi connectivity index (χ4v) is 3.51. The average molecular weight is 413 g/mol. The first-order valence-corrected chi connectivity index (χ1v) is 10.2. The highest BCUT2D eigenvalue weighted by atomic mass is 32.2. The first-order valence-electron chi connectivity index (χ1n) is 9.22. The molecule has 0 spiro atoms. The number of rotatable bonds is 8. The van der Waals surface area contributed by atoms with E-state index in [2.05, 4.69) is 15.5 Å². The highest BCUT2D eigenvalue weighted by molar-refractivity contribution is 7.99. The van der Waals surface area contributed by atoms with Gasteiger partial charge < -0.3 is 14.8 Å². The van der Waals surface area contributed by atoms with E-state index in [1.165, 1.54) is 11.8 Å². The van der Waals surface area contributed by atoms with Crippen molar-refractivity contribution in [3.05, 3.63) is 54.4 Å². The third-order valence-corrected chi connectivity index (χ3v) is 4.91. The number of thioether (sulfide) groups is 1. The Hall–Kier alpha value is -3.00. The van der Waals surface area contributed by atoms with Gasteiger partial charge in [0.25, 0.3) is 0 Å². The summed E-state index contributed by atoms with van der Waals surface area (Å²) in [6.45, 7) is 5.77. The number of ether oxygens (including phenoxy) is 2. The Morgan fingerprint density at radius 1 is 1.14 bits per heavy atom. The maximum Gasteiger partial charge on any atom is 0.234 e. The predicted molar refractivity (Wildman–Crippen MR) is 114 cm³/mol. The van der Waals surface area contributed by atoms with Gasteiger partial charge in [-0.1, -0.05) is 23.9 Å². The minimum absolute atomic E-state index is 0.0217. The van der Waals surface area contributed by atoms with E-state index >= 15 is 0 Å². The Morgan fingerprint density at radius 3 is 2.55 bits per heavy atom. The van der Waals surface area contributed by atoms with Crippen molar-refractivity contribution in [2.45, 2.75) is 32.0 Å². The van der Waals surface area contributed by atoms with Gasteiger partial charge in [-0.15, -0.1) is 10.2 Å². The summed E-state index contributed by atoms with van der Waals surface area (Å²) in [7, 11) is 1.63. The minimum Gasteiger partial charge on any atom is -0.497 e. The average Bonchev–Trinajstić information content (AvgIpc) is 3.08. The normalized spacial score (nSPS) is 10.8. The van der Waals surface area contributed by atoms with Crippen LogP contribution in [0.25, 0.3) is 5.69 Å². The molecule has 152 valence electrons. The van der Waals surface area contributed by atoms with Crippen LogP contribution in [-0.4, -0.2) is 39.6 Å². The zero-order chi connectivity index (χ0) is 20.8. The van der Waals surface area contributed by atoms with Gasteiger partial charge in [0.1, 0.15) is 17.3 Å². The molecule has 0 aliphatic heterocycles. The number of aromatic nitrogens is 3. The molecule has 0 aliphatic carbocycles. The summed E-state index contributed by atoms with van der Waals surface area (Å²) < 4.78 is 12.9. The number of nitrogens with zero attached hydrogens (tertiary/aromatic N) is 3. The van der Waals surface area contributed by atoms with Gasteiger partial charge >= 0.3 is 0 Å². The number of carbonyl (C=O) groups excluding carboxylic acids is 1. The number of nitrogens with one attached hydrogen (secondary N) is 1. The molecule has 29 heavy (non-hydrogen) atoms. The Kier molecular flexibility index (Phi) is 6.77. The van der Waals surface area contributed by atoms with Gasteiger partial charge in [0.15, 0.2) is 5.16 Å². The number of amides is 1. The van der Waals surface area contributed by atoms with Crippen molar-refractivity contribution in [2.75, 3.05) is 18.2 Å². The minimum atomic E-state index is -0.142. The van der Waals surface area contributed by atoms with Crippen LogP contribution in [0.2, 0.25) is 0 Å². The Labute approximate surface area is 174 Å². The number of methoxy groups -OCH3 is 1. The first kappa shape index (κ1) is 20.7. The standard InChI is InChI=1S/C21H24N4O3S/c1-14(2)28-19-8-6-5-7-18(19)22-20(26)13-29-21-24-23-15(3)25(21)16-9-11-17(27-4)12-10-16/h5-12,14H,13H2,1-4H3,(H,22,26). The summed E-state index contributed by atoms with van der Waals surface area (Å²) >= 11 is 1.33. The van der Waals surface area contributed by atoms with Crippen LogP contribution in [0, 0.1) is 6.92 Å². The lowest BCUT2D eigenvalue weighted by Gasteiger charge is -2.14. The van der Waals surface area contributed by atoms with Crippen LogP contribution in [0.1, 0.15) is 19.7 Å². The molecule has 1 heterocycles. The second-order valence-corrected chi connectivity index (χ2v) is 7.51. The number of para-hydroxylation sites is 2. The molecule has 0 unspecified atom stereocenters. The molecule has 7 nitrogen and oxygen atoms in total. The van der Waals surface area contributed by atoms with Crippen LogP contribution in [0.4, 0.5) is 5.69 Å². The summed E-state index contributed by atoms with van der Waals surface area (Å²) in [5.74, 6) is 2.23. The molecular weight excluding hydrogens is 388 g/mol. The van der Waals surface area contributed by atoms with E-state index in [4.69, 9.17) is 9.47 Å². The molecule has 1 N–H and O–H groups in total. The molecule has 3 aromatic rings. The second-order valence-electron chi connectivity index (χ2n) is 6.56. The van der Waals surface area contributed by atoms with Gasteiger partial charge in [0.05, 0.1) is 24.7 Å². The molecule has 0 fully saturated rings. The third kappa shape index (κ3) is 5.29. The van der Waals surface area contributed by atoms with Gasteiger partial charge in [-0.3, -0.25) is 9.36 Å². The zero-order valence-corrected chi connectivity index (χ0v) is 17.7. The second kappa shape index (κ2) is 9.47. The van der Waals surface area contributed by atoms with Crippen molar-refractivity contribution in [2.24, 2.45) is 0 Å². The van der Waals surface area contributed by atoms with E-state index < -0.39 is 0 Å². The number of aryl methyl sites for hydroxylation is 1. The topological polar surface area (TPSA) is 78.3 Å². The van der Waals surface area contributed by atoms with Gasteiger partial charge in [0.2, 0.25) is 5.91 Å². The molecule has 0 saturated heterocycles. The van der Waals surface area contributed by atoms with E-state index in [-0.39, 0.29) is 17.8 Å². The molecule has 1 aromatic heterocycles. The number of carbonyl (C=O) groups is 1. The largest absolute Gasteiger partial charge is 0.497 e. The molecule has 0 atom stereocenters. The van der Waals surface area contributed by atoms with Crippen LogP contribution in [0.5, 0.6) is 11.5 Å². The van der Waals surface area contributed by atoms with Crippen LogP contribution in [0.15, 0.2) is 53.7 Å². The summed E-state index contributed by atoms with van der Waals surface area (Å²) in [6, 6.07) is 15.0. The van der Waals surface area contributed by atoms with Crippen LogP contribution in [-0.2, 0) is 4.79 Å². The van der Waals surface area contributed by atoms with Crippen molar-refractivity contribution in [1.82, 2.24) is 14.8 Å². The van der Waals surface area contributed by atoms with E-state index in [9.17, 15) is 4.79 Å². The summed E-state index contributed by atoms with van der Waals surface area (Å²) in [5.41, 5.74) is 1.56. The van der Waals surface area contributed by atoms with Crippen LogP contribution in [0.3, 0.4) is 0 Å². The number of hydrogen-bond acceptors (Lipinski definition) is 6. The summed E-state index contributed by atoms with van der Waals surface area (Å²) in [6.07, 6.45) is 0.0217. The maximum absolute atomic E-state index is 12.5. The molecular formula is C21H24N4O3S. The van der Waals surface area contributed by atoms with E-state index in [0.717, 1.165) is 17.3 Å². The quantitative estimate of drug-likeness (QED) is 0.561. The number of anilines is 1. The van der Waals surface area contributed by atoms with Gasteiger partial charge in [-0.25, -0.2) is 0 Å². The molecule has 0 saturated carbocycles. The van der Waals surface area contributed by atoms with Crippen LogP contribution >= 0.6 is 11.8 Å². The molecule has 8 heteroatoms. The molecule has 0 aliphatic rings. The van der Waals surface area contributed by atoms with E-state index in [1.807, 2.05) is 73.9 Å².